The molecule has 0 saturated heterocycles. The van der Waals surface area contributed by atoms with Crippen LogP contribution in [0.25, 0.3) is 55.9 Å². The molecule has 0 atom stereocenters. The third-order valence-electron chi connectivity index (χ3n) is 11.0. The lowest BCUT2D eigenvalue weighted by molar-refractivity contribution is 0.703. The van der Waals surface area contributed by atoms with Crippen molar-refractivity contribution in [3.05, 3.63) is 247 Å². The molecule has 2 heteroatoms. The fourth-order valence-corrected chi connectivity index (χ4v) is 9.74. The second kappa shape index (κ2) is 14.5. The Balaban J connectivity index is 1.10. The number of nitrogens with zero attached hydrogens (tertiary/aromatic N) is 1. The molecule has 56 heavy (non-hydrogen) atoms. The van der Waals surface area contributed by atoms with Crippen molar-refractivity contribution in [2.24, 2.45) is 0 Å². The molecule has 1 aliphatic heterocycles. The third-order valence-corrected chi connectivity index (χ3v) is 12.2. The van der Waals surface area contributed by atoms with E-state index in [1.807, 2.05) is 11.8 Å². The quantitative estimate of drug-likeness (QED) is 0.162. The average molecular weight is 732 g/mol. The van der Waals surface area contributed by atoms with Crippen molar-refractivity contribution >= 4 is 11.8 Å². The molecule has 1 aromatic heterocycles. The van der Waals surface area contributed by atoms with Gasteiger partial charge in [-0.05, 0) is 86.0 Å². The lowest BCUT2D eigenvalue weighted by Crippen LogP contribution is -2.34. The van der Waals surface area contributed by atoms with E-state index in [1.165, 1.54) is 54.3 Å². The molecule has 0 spiro atoms. The van der Waals surface area contributed by atoms with Gasteiger partial charge in [-0.15, -0.1) is 0 Å². The molecule has 1 nitrogen and oxygen atoms in total. The van der Waals surface area contributed by atoms with Crippen LogP contribution in [-0.2, 0) is 5.41 Å². The van der Waals surface area contributed by atoms with Gasteiger partial charge in [-0.3, -0.25) is 0 Å². The number of aromatic nitrogens is 1. The summed E-state index contributed by atoms with van der Waals surface area (Å²) in [6, 6.07) is 81.2. The number of fused-ring (bicyclic) bond motifs is 2. The van der Waals surface area contributed by atoms with Gasteiger partial charge < -0.3 is 0 Å². The fraction of sp³-hybridized carbons (Fsp3) is 0.0185. The smallest absolute Gasteiger partial charge is 0.0723 e. The molecule has 0 amide bonds. The largest absolute Gasteiger partial charge is 0.248 e. The molecule has 0 radical (unpaired) electrons. The molecule has 9 aromatic rings. The van der Waals surface area contributed by atoms with Crippen LogP contribution in [0.15, 0.2) is 234 Å². The fourth-order valence-electron chi connectivity index (χ4n) is 8.41. The van der Waals surface area contributed by atoms with Crippen LogP contribution in [0, 0.1) is 0 Å². The Labute approximate surface area is 333 Å². The van der Waals surface area contributed by atoms with E-state index in [0.29, 0.717) is 0 Å². The number of hydrogen-bond acceptors (Lipinski definition) is 2. The molecule has 0 N–H and O–H groups in total. The minimum atomic E-state index is -0.471. The average Bonchev–Trinajstić information content (AvgIpc) is 3.29. The standard InChI is InChI=1S/C54H37NS/c1-5-18-38(19-6-1)44-36-50(39-20-7-2-8-21-39)55-51(37-44)43-25-16-23-41(35-43)40-22-15-24-42(34-40)47-30-17-32-49-53(47)56-52-33-14-13-31-48(52)54(49,45-26-9-3-10-27-45)46-28-11-4-12-29-46/h1-37H. The van der Waals surface area contributed by atoms with Crippen molar-refractivity contribution in [2.75, 3.05) is 0 Å². The number of pyridine rings is 1. The summed E-state index contributed by atoms with van der Waals surface area (Å²) in [6.45, 7) is 0. The van der Waals surface area contributed by atoms with Crippen LogP contribution >= 0.6 is 11.8 Å². The molecule has 2 heterocycles. The molecule has 1 aliphatic rings. The van der Waals surface area contributed by atoms with Gasteiger partial charge in [-0.1, -0.05) is 206 Å². The van der Waals surface area contributed by atoms with Crippen molar-refractivity contribution in [1.82, 2.24) is 4.98 Å². The Kier molecular flexibility index (Phi) is 8.74. The molecule has 0 unspecified atom stereocenters. The van der Waals surface area contributed by atoms with E-state index >= 15 is 0 Å². The van der Waals surface area contributed by atoms with Crippen LogP contribution in [0.2, 0.25) is 0 Å². The highest BCUT2D eigenvalue weighted by Crippen LogP contribution is 2.57. The van der Waals surface area contributed by atoms with Gasteiger partial charge in [-0.25, -0.2) is 4.98 Å². The van der Waals surface area contributed by atoms with E-state index in [4.69, 9.17) is 4.98 Å². The maximum absolute atomic E-state index is 5.23. The van der Waals surface area contributed by atoms with Crippen LogP contribution in [-0.4, -0.2) is 4.98 Å². The predicted molar refractivity (Wildman–Crippen MR) is 234 cm³/mol. The predicted octanol–water partition coefficient (Wildman–Crippen LogP) is 14.3. The Bertz CT molecular complexity index is 2720. The topological polar surface area (TPSA) is 12.9 Å². The van der Waals surface area contributed by atoms with E-state index in [0.717, 1.165) is 33.6 Å². The molecule has 0 aliphatic carbocycles. The second-order valence-corrected chi connectivity index (χ2v) is 15.3. The molecule has 0 saturated carbocycles. The Hall–Kier alpha value is -6.74. The Morgan fingerprint density at radius 2 is 0.786 bits per heavy atom. The number of benzene rings is 8. The van der Waals surface area contributed by atoms with Gasteiger partial charge in [0, 0.05) is 20.9 Å². The zero-order valence-corrected chi connectivity index (χ0v) is 31.5. The summed E-state index contributed by atoms with van der Waals surface area (Å²) in [4.78, 5) is 7.80. The highest BCUT2D eigenvalue weighted by Gasteiger charge is 2.44. The molecule has 0 bridgehead atoms. The summed E-state index contributed by atoms with van der Waals surface area (Å²) in [7, 11) is 0. The summed E-state index contributed by atoms with van der Waals surface area (Å²) in [6.07, 6.45) is 0. The van der Waals surface area contributed by atoms with E-state index in [2.05, 4.69) is 224 Å². The first-order chi connectivity index (χ1) is 27.8. The summed E-state index contributed by atoms with van der Waals surface area (Å²) in [5.41, 5.74) is 15.9. The van der Waals surface area contributed by atoms with E-state index in [-0.39, 0.29) is 0 Å². The first-order valence-electron chi connectivity index (χ1n) is 19.1. The summed E-state index contributed by atoms with van der Waals surface area (Å²) in [5, 5.41) is 0. The van der Waals surface area contributed by atoms with Gasteiger partial charge in [0.1, 0.15) is 0 Å². The van der Waals surface area contributed by atoms with Gasteiger partial charge in [0.15, 0.2) is 0 Å². The van der Waals surface area contributed by atoms with Crippen LogP contribution < -0.4 is 0 Å². The maximum atomic E-state index is 5.23. The zero-order chi connectivity index (χ0) is 37.3. The van der Waals surface area contributed by atoms with E-state index in [1.54, 1.807) is 0 Å². The minimum absolute atomic E-state index is 0.471. The summed E-state index contributed by atoms with van der Waals surface area (Å²) in [5.74, 6) is 0. The lowest BCUT2D eigenvalue weighted by atomic mass is 9.64. The van der Waals surface area contributed by atoms with E-state index in [9.17, 15) is 0 Å². The molecule has 8 aromatic carbocycles. The Morgan fingerprint density at radius 1 is 0.321 bits per heavy atom. The number of hydrogen-bond donors (Lipinski definition) is 0. The van der Waals surface area contributed by atoms with Crippen LogP contribution in [0.5, 0.6) is 0 Å². The minimum Gasteiger partial charge on any atom is -0.248 e. The Morgan fingerprint density at radius 3 is 1.45 bits per heavy atom. The van der Waals surface area contributed by atoms with E-state index < -0.39 is 5.41 Å². The molecule has 0 fully saturated rings. The van der Waals surface area contributed by atoms with Gasteiger partial charge in [-0.2, -0.15) is 0 Å². The lowest BCUT2D eigenvalue weighted by Gasteiger charge is -2.42. The highest BCUT2D eigenvalue weighted by molar-refractivity contribution is 7.99. The van der Waals surface area contributed by atoms with Crippen LogP contribution in [0.3, 0.4) is 0 Å². The molecular weight excluding hydrogens is 695 g/mol. The maximum Gasteiger partial charge on any atom is 0.0723 e. The highest BCUT2D eigenvalue weighted by atomic mass is 32.2. The normalized spacial score (nSPS) is 12.7. The van der Waals surface area contributed by atoms with Crippen molar-refractivity contribution in [1.29, 1.82) is 0 Å². The van der Waals surface area contributed by atoms with Gasteiger partial charge in [0.05, 0.1) is 16.8 Å². The SMILES string of the molecule is c1ccc(-c2cc(-c3ccccc3)nc(-c3cccc(-c4cccc(-c5cccc6c5Sc5ccccc5C6(c5ccccc5)c5ccccc5)c4)c3)c2)cc1. The molecular formula is C54H37NS. The molecule has 10 rings (SSSR count). The van der Waals surface area contributed by atoms with Gasteiger partial charge >= 0.3 is 0 Å². The van der Waals surface area contributed by atoms with Crippen LogP contribution in [0.1, 0.15) is 22.3 Å². The van der Waals surface area contributed by atoms with Crippen LogP contribution in [0.4, 0.5) is 0 Å². The van der Waals surface area contributed by atoms with Crippen molar-refractivity contribution in [2.45, 2.75) is 15.2 Å². The molecule has 264 valence electrons. The monoisotopic (exact) mass is 731 g/mol. The van der Waals surface area contributed by atoms with Crippen molar-refractivity contribution < 1.29 is 0 Å². The van der Waals surface area contributed by atoms with Crippen molar-refractivity contribution in [3.63, 3.8) is 0 Å². The van der Waals surface area contributed by atoms with Gasteiger partial charge in [0.25, 0.3) is 0 Å². The summed E-state index contributed by atoms with van der Waals surface area (Å²) < 4.78 is 0. The van der Waals surface area contributed by atoms with Gasteiger partial charge in [0.2, 0.25) is 0 Å². The van der Waals surface area contributed by atoms with Crippen molar-refractivity contribution in [3.8, 4) is 55.9 Å². The summed E-state index contributed by atoms with van der Waals surface area (Å²) >= 11 is 1.89. The first-order valence-corrected chi connectivity index (χ1v) is 19.9. The first kappa shape index (κ1) is 33.8. The second-order valence-electron chi connectivity index (χ2n) is 14.3. The number of rotatable bonds is 7. The third kappa shape index (κ3) is 5.96. The zero-order valence-electron chi connectivity index (χ0n) is 30.7.